The van der Waals surface area contributed by atoms with Crippen LogP contribution in [-0.2, 0) is 15.6 Å². The fourth-order valence-electron chi connectivity index (χ4n) is 1.55. The summed E-state index contributed by atoms with van der Waals surface area (Å²) in [5.74, 6) is -0.976. The molecule has 0 unspecified atom stereocenters. The first-order valence-corrected chi connectivity index (χ1v) is 8.01. The molecule has 2 N–H and O–H groups in total. The van der Waals surface area contributed by atoms with Gasteiger partial charge in [0.25, 0.3) is 10.0 Å². The van der Waals surface area contributed by atoms with E-state index in [0.717, 1.165) is 16.8 Å². The SMILES string of the molecule is Cc1nc(C(C)(C)NS(=O)(=O)c2scnc2C(=O)O)no1. The molecule has 0 bridgehead atoms. The van der Waals surface area contributed by atoms with Crippen molar-refractivity contribution in [2.75, 3.05) is 0 Å². The largest absolute Gasteiger partial charge is 0.476 e. The molecule has 0 spiro atoms. The molecule has 0 aliphatic carbocycles. The number of rotatable bonds is 5. The average molecular weight is 332 g/mol. The highest BCUT2D eigenvalue weighted by atomic mass is 32.2. The summed E-state index contributed by atoms with van der Waals surface area (Å²) in [5, 5.41) is 12.6. The fraction of sp³-hybridized carbons (Fsp3) is 0.400. The van der Waals surface area contributed by atoms with E-state index in [1.54, 1.807) is 6.92 Å². The van der Waals surface area contributed by atoms with Gasteiger partial charge in [-0.15, -0.1) is 11.3 Å². The molecule has 114 valence electrons. The van der Waals surface area contributed by atoms with E-state index in [4.69, 9.17) is 9.63 Å². The molecular weight excluding hydrogens is 320 g/mol. The molecule has 9 nitrogen and oxygen atoms in total. The molecular formula is C10H12N4O5S2. The van der Waals surface area contributed by atoms with Gasteiger partial charge in [0, 0.05) is 6.92 Å². The molecule has 2 heterocycles. The van der Waals surface area contributed by atoms with Crippen LogP contribution in [-0.4, -0.2) is 34.6 Å². The third kappa shape index (κ3) is 3.09. The van der Waals surface area contributed by atoms with E-state index in [9.17, 15) is 13.2 Å². The maximum Gasteiger partial charge on any atom is 0.356 e. The van der Waals surface area contributed by atoms with Gasteiger partial charge in [0.2, 0.25) is 5.89 Å². The van der Waals surface area contributed by atoms with Crippen LogP contribution >= 0.6 is 11.3 Å². The van der Waals surface area contributed by atoms with Crippen molar-refractivity contribution < 1.29 is 22.8 Å². The van der Waals surface area contributed by atoms with Crippen molar-refractivity contribution in [1.82, 2.24) is 19.8 Å². The van der Waals surface area contributed by atoms with Crippen LogP contribution in [0.2, 0.25) is 0 Å². The second-order valence-corrected chi connectivity index (χ2v) is 7.39. The van der Waals surface area contributed by atoms with E-state index in [1.165, 1.54) is 13.8 Å². The molecule has 0 fully saturated rings. The summed E-state index contributed by atoms with van der Waals surface area (Å²) in [4.78, 5) is 18.5. The second kappa shape index (κ2) is 5.16. The number of hydrogen-bond acceptors (Lipinski definition) is 8. The number of nitrogens with zero attached hydrogens (tertiary/aromatic N) is 3. The lowest BCUT2D eigenvalue weighted by molar-refractivity contribution is 0.0687. The van der Waals surface area contributed by atoms with Crippen LogP contribution in [0, 0.1) is 6.92 Å². The van der Waals surface area contributed by atoms with Crippen LogP contribution in [0.3, 0.4) is 0 Å². The van der Waals surface area contributed by atoms with E-state index in [0.29, 0.717) is 5.89 Å². The Morgan fingerprint density at radius 3 is 2.67 bits per heavy atom. The highest BCUT2D eigenvalue weighted by Crippen LogP contribution is 2.25. The lowest BCUT2D eigenvalue weighted by atomic mass is 10.1. The van der Waals surface area contributed by atoms with Gasteiger partial charge in [-0.3, -0.25) is 0 Å². The van der Waals surface area contributed by atoms with E-state index >= 15 is 0 Å². The topological polar surface area (TPSA) is 135 Å². The molecule has 0 aromatic carbocycles. The fourth-order valence-corrected chi connectivity index (χ4v) is 4.07. The molecule has 21 heavy (non-hydrogen) atoms. The van der Waals surface area contributed by atoms with Gasteiger partial charge in [0.15, 0.2) is 15.7 Å². The number of carboxylic acid groups (broad SMARTS) is 1. The first-order chi connectivity index (χ1) is 9.63. The number of carboxylic acids is 1. The Bertz CT molecular complexity index is 777. The molecule has 2 aromatic rings. The number of aromatic nitrogens is 3. The van der Waals surface area contributed by atoms with Crippen molar-refractivity contribution in [3.63, 3.8) is 0 Å². The quantitative estimate of drug-likeness (QED) is 0.818. The minimum Gasteiger partial charge on any atom is -0.476 e. The number of aromatic carboxylic acids is 1. The van der Waals surface area contributed by atoms with Crippen molar-refractivity contribution in [1.29, 1.82) is 0 Å². The number of thiazole rings is 1. The van der Waals surface area contributed by atoms with Gasteiger partial charge >= 0.3 is 5.97 Å². The predicted octanol–water partition coefficient (Wildman–Crippen LogP) is 0.746. The van der Waals surface area contributed by atoms with E-state index in [1.807, 2.05) is 0 Å². The van der Waals surface area contributed by atoms with Crippen LogP contribution < -0.4 is 4.72 Å². The van der Waals surface area contributed by atoms with Crippen molar-refractivity contribution in [2.45, 2.75) is 30.5 Å². The maximum absolute atomic E-state index is 12.3. The van der Waals surface area contributed by atoms with E-state index in [-0.39, 0.29) is 10.0 Å². The number of carbonyl (C=O) groups is 1. The molecule has 0 aliphatic rings. The first kappa shape index (κ1) is 15.5. The molecule has 0 aliphatic heterocycles. The molecule has 2 aromatic heterocycles. The van der Waals surface area contributed by atoms with Gasteiger partial charge in [-0.2, -0.15) is 9.71 Å². The van der Waals surface area contributed by atoms with Gasteiger partial charge in [0.1, 0.15) is 0 Å². The number of sulfonamides is 1. The maximum atomic E-state index is 12.3. The van der Waals surface area contributed by atoms with Gasteiger partial charge < -0.3 is 9.63 Å². The van der Waals surface area contributed by atoms with Gasteiger partial charge in [-0.25, -0.2) is 18.2 Å². The molecule has 0 atom stereocenters. The summed E-state index contributed by atoms with van der Waals surface area (Å²) >= 11 is 0.719. The minimum atomic E-state index is -4.09. The lowest BCUT2D eigenvalue weighted by Gasteiger charge is -2.21. The number of nitrogens with one attached hydrogen (secondary N) is 1. The summed E-state index contributed by atoms with van der Waals surface area (Å²) in [5.41, 5.74) is -0.535. The van der Waals surface area contributed by atoms with E-state index < -0.39 is 27.2 Å². The molecule has 0 saturated carbocycles. The zero-order valence-corrected chi connectivity index (χ0v) is 12.9. The zero-order chi connectivity index (χ0) is 15.8. The summed E-state index contributed by atoms with van der Waals surface area (Å²) in [6.45, 7) is 4.65. The lowest BCUT2D eigenvalue weighted by Crippen LogP contribution is -2.41. The van der Waals surface area contributed by atoms with Crippen LogP contribution in [0.25, 0.3) is 0 Å². The van der Waals surface area contributed by atoms with Gasteiger partial charge in [-0.05, 0) is 13.8 Å². The Kier molecular flexibility index (Phi) is 3.82. The van der Waals surface area contributed by atoms with Crippen LogP contribution in [0.4, 0.5) is 0 Å². The van der Waals surface area contributed by atoms with Crippen molar-refractivity contribution in [3.8, 4) is 0 Å². The summed E-state index contributed by atoms with van der Waals surface area (Å²) < 4.78 is 31.4. The third-order valence-corrected chi connectivity index (χ3v) is 5.48. The minimum absolute atomic E-state index is 0.143. The normalized spacial score (nSPS) is 12.5. The Hall–Kier alpha value is -1.85. The monoisotopic (exact) mass is 332 g/mol. The summed E-state index contributed by atoms with van der Waals surface area (Å²) in [7, 11) is -4.09. The zero-order valence-electron chi connectivity index (χ0n) is 11.3. The first-order valence-electron chi connectivity index (χ1n) is 5.65. The highest BCUT2D eigenvalue weighted by molar-refractivity contribution is 7.91. The van der Waals surface area contributed by atoms with Crippen LogP contribution in [0.1, 0.15) is 36.1 Å². The second-order valence-electron chi connectivity index (χ2n) is 4.66. The predicted molar refractivity (Wildman–Crippen MR) is 71.5 cm³/mol. The molecule has 2 rings (SSSR count). The summed E-state index contributed by atoms with van der Waals surface area (Å²) in [6, 6.07) is 0. The van der Waals surface area contributed by atoms with Crippen molar-refractivity contribution in [2.24, 2.45) is 0 Å². The van der Waals surface area contributed by atoms with Crippen LogP contribution in [0.15, 0.2) is 14.2 Å². The molecule has 0 saturated heterocycles. The Labute approximate surface area is 124 Å². The van der Waals surface area contributed by atoms with Gasteiger partial charge in [-0.1, -0.05) is 5.16 Å². The Balaban J connectivity index is 2.37. The van der Waals surface area contributed by atoms with Crippen LogP contribution in [0.5, 0.6) is 0 Å². The molecule has 11 heteroatoms. The van der Waals surface area contributed by atoms with Crippen molar-refractivity contribution >= 4 is 27.3 Å². The Morgan fingerprint density at radius 2 is 2.14 bits per heavy atom. The molecule has 0 radical (unpaired) electrons. The summed E-state index contributed by atoms with van der Waals surface area (Å²) in [6.07, 6.45) is 0. The highest BCUT2D eigenvalue weighted by Gasteiger charge is 2.35. The van der Waals surface area contributed by atoms with Crippen molar-refractivity contribution in [3.05, 3.63) is 22.9 Å². The Morgan fingerprint density at radius 1 is 1.48 bits per heavy atom. The smallest absolute Gasteiger partial charge is 0.356 e. The van der Waals surface area contributed by atoms with E-state index in [2.05, 4.69) is 19.8 Å². The third-order valence-electron chi connectivity index (χ3n) is 2.46. The number of aryl methyl sites for hydroxylation is 1. The number of hydrogen-bond donors (Lipinski definition) is 2. The van der Waals surface area contributed by atoms with Gasteiger partial charge in [0.05, 0.1) is 11.0 Å². The standard InChI is InChI=1S/C10H12N4O5S2/c1-5-12-9(13-19-5)10(2,3)14-21(17,18)8-6(7(15)16)11-4-20-8/h4,14H,1-3H3,(H,15,16). The molecule has 0 amide bonds. The average Bonchev–Trinajstić information content (AvgIpc) is 2.95.